The third-order valence-corrected chi connectivity index (χ3v) is 9.46. The summed E-state index contributed by atoms with van der Waals surface area (Å²) in [4.78, 5) is 56.6. The Morgan fingerprint density at radius 2 is 1.66 bits per heavy atom. The Hall–Kier alpha value is -4.48. The lowest BCUT2D eigenvalue weighted by Crippen LogP contribution is -2.46. The summed E-state index contributed by atoms with van der Waals surface area (Å²) in [6.45, 7) is 2.41. The lowest BCUT2D eigenvalue weighted by atomic mass is 9.84. The second-order valence-electron chi connectivity index (χ2n) is 12.7. The van der Waals surface area contributed by atoms with Crippen molar-refractivity contribution in [1.82, 2.24) is 20.4 Å². The van der Waals surface area contributed by atoms with E-state index in [2.05, 4.69) is 10.6 Å². The highest BCUT2D eigenvalue weighted by atomic mass is 16.7. The molecular formula is C35H44N4O8. The fourth-order valence-corrected chi connectivity index (χ4v) is 6.54. The highest BCUT2D eigenvalue weighted by molar-refractivity contribution is 5.98. The van der Waals surface area contributed by atoms with Gasteiger partial charge in [0.25, 0.3) is 5.91 Å². The summed E-state index contributed by atoms with van der Waals surface area (Å²) >= 11 is 0. The van der Waals surface area contributed by atoms with Crippen LogP contribution in [-0.2, 0) is 20.8 Å². The van der Waals surface area contributed by atoms with Crippen LogP contribution in [0.15, 0.2) is 36.4 Å². The number of carbonyl (C=O) groups is 4. The van der Waals surface area contributed by atoms with Crippen molar-refractivity contribution in [3.05, 3.63) is 47.5 Å². The van der Waals surface area contributed by atoms with Gasteiger partial charge in [0, 0.05) is 50.5 Å². The minimum Gasteiger partial charge on any atom is -0.493 e. The Bertz CT molecular complexity index is 1480. The number of carbonyl (C=O) groups excluding carboxylic acids is 4. The molecule has 2 aromatic carbocycles. The van der Waals surface area contributed by atoms with Gasteiger partial charge in [-0.05, 0) is 74.4 Å². The van der Waals surface area contributed by atoms with Crippen molar-refractivity contribution in [3.63, 3.8) is 0 Å². The van der Waals surface area contributed by atoms with Crippen molar-refractivity contribution in [2.24, 2.45) is 5.92 Å². The summed E-state index contributed by atoms with van der Waals surface area (Å²) in [5.74, 6) is 1.79. The number of hydrogen-bond donors (Lipinski definition) is 2. The molecule has 4 amide bonds. The number of benzene rings is 2. The van der Waals surface area contributed by atoms with Gasteiger partial charge in [-0.1, -0.05) is 12.5 Å². The molecule has 4 bridgehead atoms. The van der Waals surface area contributed by atoms with Gasteiger partial charge in [-0.25, -0.2) is 0 Å². The predicted molar refractivity (Wildman–Crippen MR) is 172 cm³/mol. The van der Waals surface area contributed by atoms with Crippen LogP contribution in [0.4, 0.5) is 0 Å². The third kappa shape index (κ3) is 7.74. The first-order chi connectivity index (χ1) is 22.9. The van der Waals surface area contributed by atoms with Crippen LogP contribution >= 0.6 is 0 Å². The quantitative estimate of drug-likeness (QED) is 0.519. The Balaban J connectivity index is 1.20. The van der Waals surface area contributed by atoms with E-state index in [1.165, 1.54) is 0 Å². The van der Waals surface area contributed by atoms with Gasteiger partial charge in [0.05, 0.1) is 13.7 Å². The van der Waals surface area contributed by atoms with Crippen LogP contribution in [0, 0.1) is 5.92 Å². The van der Waals surface area contributed by atoms with Gasteiger partial charge in [-0.2, -0.15) is 0 Å². The zero-order valence-electron chi connectivity index (χ0n) is 27.0. The number of nitrogens with zero attached hydrogens (tertiary/aromatic N) is 2. The monoisotopic (exact) mass is 648 g/mol. The molecule has 2 aromatic rings. The number of rotatable bonds is 3. The third-order valence-electron chi connectivity index (χ3n) is 9.46. The summed E-state index contributed by atoms with van der Waals surface area (Å²) in [7, 11) is 1.56. The second kappa shape index (κ2) is 15.0. The van der Waals surface area contributed by atoms with E-state index in [1.54, 1.807) is 30.2 Å². The molecule has 2 N–H and O–H groups in total. The molecule has 2 fully saturated rings. The van der Waals surface area contributed by atoms with E-state index in [0.29, 0.717) is 86.8 Å². The standard InChI is InChI=1S/C35H44N4O8/c1-44-30-18-23-8-11-29(30)47-26-20-27(39(21-26)35(43)25-10-12-28-31(19-25)46-22-45-28)33(41)37-14-2-3-16-38(34(42)24-6-4-7-24)17-5-15-36-32(40)13-9-23/h8,10-12,18-19,24,26-27H,2-7,9,13-17,20-22H2,1H3,(H,36,40)(H,37,41)/t26-,27-/m0/s1. The minimum absolute atomic E-state index is 0.0386. The highest BCUT2D eigenvalue weighted by Gasteiger charge is 2.41. The van der Waals surface area contributed by atoms with Crippen molar-refractivity contribution in [2.75, 3.05) is 46.6 Å². The van der Waals surface area contributed by atoms with Gasteiger partial charge in [-0.3, -0.25) is 19.2 Å². The van der Waals surface area contributed by atoms with Crippen LogP contribution in [0.1, 0.15) is 67.3 Å². The van der Waals surface area contributed by atoms with Crippen molar-refractivity contribution in [1.29, 1.82) is 0 Å². The molecular weight excluding hydrogens is 604 g/mol. The largest absolute Gasteiger partial charge is 0.493 e. The van der Waals surface area contributed by atoms with Crippen molar-refractivity contribution in [2.45, 2.75) is 69.9 Å². The lowest BCUT2D eigenvalue weighted by molar-refractivity contribution is -0.138. The van der Waals surface area contributed by atoms with Crippen LogP contribution in [0.5, 0.6) is 23.0 Å². The summed E-state index contributed by atoms with van der Waals surface area (Å²) in [6, 6.07) is 9.84. The van der Waals surface area contributed by atoms with E-state index >= 15 is 0 Å². The number of likely N-dealkylation sites (tertiary alicyclic amines) is 1. The van der Waals surface area contributed by atoms with Gasteiger partial charge in [0.1, 0.15) is 12.1 Å². The average Bonchev–Trinajstić information content (AvgIpc) is 3.70. The van der Waals surface area contributed by atoms with Gasteiger partial charge in [0.15, 0.2) is 23.0 Å². The van der Waals surface area contributed by atoms with Gasteiger partial charge >= 0.3 is 0 Å². The van der Waals surface area contributed by atoms with E-state index in [1.807, 2.05) is 23.1 Å². The van der Waals surface area contributed by atoms with Crippen molar-refractivity contribution >= 4 is 23.6 Å². The molecule has 12 nitrogen and oxygen atoms in total. The fraction of sp³-hybridized carbons (Fsp3) is 0.543. The molecule has 7 rings (SSSR count). The number of hydrogen-bond acceptors (Lipinski definition) is 8. The molecule has 0 aromatic heterocycles. The first-order valence-electron chi connectivity index (χ1n) is 16.8. The number of amides is 4. The Labute approximate surface area is 275 Å². The Morgan fingerprint density at radius 3 is 2.47 bits per heavy atom. The lowest BCUT2D eigenvalue weighted by Gasteiger charge is -2.32. The second-order valence-corrected chi connectivity index (χ2v) is 12.7. The van der Waals surface area contributed by atoms with Gasteiger partial charge < -0.3 is 39.4 Å². The topological polar surface area (TPSA) is 136 Å². The van der Waals surface area contributed by atoms with Gasteiger partial charge in [0.2, 0.25) is 24.5 Å². The summed E-state index contributed by atoms with van der Waals surface area (Å²) < 4.78 is 22.9. The number of nitrogens with one attached hydrogen (secondary N) is 2. The molecule has 4 heterocycles. The van der Waals surface area contributed by atoms with E-state index in [9.17, 15) is 19.2 Å². The molecule has 2 atom stereocenters. The van der Waals surface area contributed by atoms with Crippen molar-refractivity contribution < 1.29 is 38.1 Å². The molecule has 1 saturated carbocycles. The number of fused-ring (bicyclic) bond motifs is 16. The zero-order valence-corrected chi connectivity index (χ0v) is 27.0. The Kier molecular flexibility index (Phi) is 10.3. The average molecular weight is 649 g/mol. The fourth-order valence-electron chi connectivity index (χ4n) is 6.54. The molecule has 12 heteroatoms. The summed E-state index contributed by atoms with van der Waals surface area (Å²) in [5.41, 5.74) is 1.32. The smallest absolute Gasteiger partial charge is 0.254 e. The molecule has 252 valence electrons. The Morgan fingerprint density at radius 1 is 0.872 bits per heavy atom. The number of ether oxygens (including phenoxy) is 4. The number of aryl methyl sites for hydroxylation is 1. The van der Waals surface area contributed by atoms with Crippen LogP contribution in [0.2, 0.25) is 0 Å². The highest BCUT2D eigenvalue weighted by Crippen LogP contribution is 2.35. The molecule has 47 heavy (non-hydrogen) atoms. The van der Waals surface area contributed by atoms with Crippen LogP contribution in [0.25, 0.3) is 0 Å². The summed E-state index contributed by atoms with van der Waals surface area (Å²) in [5, 5.41) is 6.02. The maximum atomic E-state index is 13.8. The zero-order chi connectivity index (χ0) is 32.8. The first-order valence-corrected chi connectivity index (χ1v) is 16.8. The van der Waals surface area contributed by atoms with E-state index in [4.69, 9.17) is 18.9 Å². The van der Waals surface area contributed by atoms with Crippen molar-refractivity contribution in [3.8, 4) is 23.0 Å². The summed E-state index contributed by atoms with van der Waals surface area (Å²) in [6.07, 6.45) is 5.74. The molecule has 1 saturated heterocycles. The predicted octanol–water partition coefficient (Wildman–Crippen LogP) is 3.06. The molecule has 0 spiro atoms. The van der Waals surface area contributed by atoms with Crippen LogP contribution in [0.3, 0.4) is 0 Å². The van der Waals surface area contributed by atoms with E-state index in [0.717, 1.165) is 31.2 Å². The van der Waals surface area contributed by atoms with Crippen LogP contribution in [-0.4, -0.2) is 92.2 Å². The maximum absolute atomic E-state index is 13.8. The molecule has 1 aliphatic carbocycles. The minimum atomic E-state index is -0.740. The normalized spacial score (nSPS) is 22.7. The molecule has 5 aliphatic rings. The number of methoxy groups -OCH3 is 1. The maximum Gasteiger partial charge on any atom is 0.254 e. The van der Waals surface area contributed by atoms with E-state index in [-0.39, 0.29) is 42.9 Å². The van der Waals surface area contributed by atoms with E-state index < -0.39 is 12.1 Å². The molecule has 0 unspecified atom stereocenters. The van der Waals surface area contributed by atoms with Gasteiger partial charge in [-0.15, -0.1) is 0 Å². The molecule has 0 radical (unpaired) electrons. The SMILES string of the molecule is COc1cc2ccc1O[C@H]1C[C@@H](C(=O)NCCCCN(C(=O)C3CCC3)CCCNC(=O)CC2)N(C(=O)c2ccc3c(c2)OCO3)C1. The van der Waals surface area contributed by atoms with Crippen LogP contribution < -0.4 is 29.6 Å². The molecule has 4 aliphatic heterocycles. The first kappa shape index (κ1) is 32.5.